The van der Waals surface area contributed by atoms with Crippen molar-refractivity contribution in [3.8, 4) is 0 Å². The van der Waals surface area contributed by atoms with Gasteiger partial charge in [0.1, 0.15) is 0 Å². The first-order valence-electron chi connectivity index (χ1n) is 6.79. The summed E-state index contributed by atoms with van der Waals surface area (Å²) < 4.78 is 0. The maximum atomic E-state index is 3.82. The normalized spacial score (nSPS) is 34.1. The summed E-state index contributed by atoms with van der Waals surface area (Å²) in [6, 6.07) is 0.776. The summed E-state index contributed by atoms with van der Waals surface area (Å²) in [6.07, 6.45) is 5.57. The Morgan fingerprint density at radius 1 is 1.25 bits per heavy atom. The first kappa shape index (κ1) is 12.7. The van der Waals surface area contributed by atoms with Crippen LogP contribution < -0.4 is 5.32 Å². The molecule has 2 fully saturated rings. The van der Waals surface area contributed by atoms with Gasteiger partial charge in [0, 0.05) is 11.3 Å². The third kappa shape index (κ3) is 3.64. The van der Waals surface area contributed by atoms with E-state index in [1.807, 2.05) is 0 Å². The van der Waals surface area contributed by atoms with Gasteiger partial charge in [0.05, 0.1) is 0 Å². The van der Waals surface area contributed by atoms with Crippen LogP contribution in [0, 0.1) is 5.92 Å². The molecule has 2 rings (SSSR count). The van der Waals surface area contributed by atoms with Crippen LogP contribution in [-0.2, 0) is 0 Å². The lowest BCUT2D eigenvalue weighted by Gasteiger charge is -2.33. The van der Waals surface area contributed by atoms with E-state index >= 15 is 0 Å². The molecule has 2 heterocycles. The second kappa shape index (κ2) is 6.27. The monoisotopic (exact) mass is 242 g/mol. The largest absolute Gasteiger partial charge is 0.313 e. The van der Waals surface area contributed by atoms with Gasteiger partial charge in [0.25, 0.3) is 0 Å². The fourth-order valence-electron chi connectivity index (χ4n) is 2.78. The van der Waals surface area contributed by atoms with Crippen LogP contribution in [-0.4, -0.2) is 48.6 Å². The molecule has 0 aromatic carbocycles. The fraction of sp³-hybridized carbons (Fsp3) is 1.00. The van der Waals surface area contributed by atoms with Crippen LogP contribution in [0.5, 0.6) is 0 Å². The third-order valence-electron chi connectivity index (χ3n) is 4.11. The molecule has 3 heteroatoms. The van der Waals surface area contributed by atoms with Gasteiger partial charge >= 0.3 is 0 Å². The first-order valence-corrected chi connectivity index (χ1v) is 7.84. The van der Waals surface area contributed by atoms with Gasteiger partial charge in [-0.3, -0.25) is 0 Å². The zero-order valence-electron chi connectivity index (χ0n) is 10.7. The maximum absolute atomic E-state index is 3.82. The van der Waals surface area contributed by atoms with Crippen LogP contribution in [0.15, 0.2) is 0 Å². The van der Waals surface area contributed by atoms with Crippen molar-refractivity contribution in [2.75, 3.05) is 32.4 Å². The van der Waals surface area contributed by atoms with Crippen molar-refractivity contribution in [3.05, 3.63) is 0 Å². The Hall–Kier alpha value is 0.270. The van der Waals surface area contributed by atoms with E-state index in [1.54, 1.807) is 0 Å². The zero-order valence-corrected chi connectivity index (χ0v) is 11.6. The SMILES string of the molecule is CC1SCCCC1NCC1CCN(C)CC1. The molecule has 0 saturated carbocycles. The van der Waals surface area contributed by atoms with E-state index in [4.69, 9.17) is 0 Å². The number of hydrogen-bond donors (Lipinski definition) is 1. The van der Waals surface area contributed by atoms with Crippen LogP contribution in [0.3, 0.4) is 0 Å². The summed E-state index contributed by atoms with van der Waals surface area (Å²) in [5.41, 5.74) is 0. The molecule has 0 bridgehead atoms. The Kier molecular flexibility index (Phi) is 4.98. The van der Waals surface area contributed by atoms with Crippen molar-refractivity contribution < 1.29 is 0 Å². The highest BCUT2D eigenvalue weighted by molar-refractivity contribution is 7.99. The Morgan fingerprint density at radius 3 is 2.69 bits per heavy atom. The van der Waals surface area contributed by atoms with Crippen LogP contribution in [0.4, 0.5) is 0 Å². The number of nitrogens with one attached hydrogen (secondary N) is 1. The van der Waals surface area contributed by atoms with Gasteiger partial charge in [-0.1, -0.05) is 6.92 Å². The van der Waals surface area contributed by atoms with E-state index in [1.165, 1.54) is 51.1 Å². The van der Waals surface area contributed by atoms with E-state index in [0.29, 0.717) is 0 Å². The van der Waals surface area contributed by atoms with Crippen molar-refractivity contribution in [2.24, 2.45) is 5.92 Å². The van der Waals surface area contributed by atoms with Crippen molar-refractivity contribution in [1.29, 1.82) is 0 Å². The summed E-state index contributed by atoms with van der Waals surface area (Å²) in [5, 5.41) is 4.64. The highest BCUT2D eigenvalue weighted by Gasteiger charge is 2.23. The molecule has 1 N–H and O–H groups in total. The summed E-state index contributed by atoms with van der Waals surface area (Å²) in [6.45, 7) is 6.22. The Bertz CT molecular complexity index is 202. The highest BCUT2D eigenvalue weighted by Crippen LogP contribution is 2.25. The number of thioether (sulfide) groups is 1. The summed E-state index contributed by atoms with van der Waals surface area (Å²) in [5.74, 6) is 2.29. The molecule has 0 radical (unpaired) electrons. The number of likely N-dealkylation sites (tertiary alicyclic amines) is 1. The third-order valence-corrected chi connectivity index (χ3v) is 5.49. The molecule has 2 atom stereocenters. The lowest BCUT2D eigenvalue weighted by molar-refractivity contribution is 0.211. The second-order valence-corrected chi connectivity index (χ2v) is 6.96. The molecule has 16 heavy (non-hydrogen) atoms. The van der Waals surface area contributed by atoms with Crippen molar-refractivity contribution in [3.63, 3.8) is 0 Å². The second-order valence-electron chi connectivity index (χ2n) is 5.48. The number of rotatable bonds is 3. The summed E-state index contributed by atoms with van der Waals surface area (Å²) in [4.78, 5) is 2.45. The van der Waals surface area contributed by atoms with E-state index in [2.05, 4.69) is 35.9 Å². The molecular weight excluding hydrogens is 216 g/mol. The first-order chi connectivity index (χ1) is 7.75. The van der Waals surface area contributed by atoms with Crippen LogP contribution in [0.2, 0.25) is 0 Å². The summed E-state index contributed by atoms with van der Waals surface area (Å²) in [7, 11) is 2.24. The van der Waals surface area contributed by atoms with Gasteiger partial charge in [-0.2, -0.15) is 11.8 Å². The van der Waals surface area contributed by atoms with Gasteiger partial charge in [-0.25, -0.2) is 0 Å². The standard InChI is InChI=1S/C13H26N2S/c1-11-13(4-3-9-16-11)14-10-12-5-7-15(2)8-6-12/h11-14H,3-10H2,1-2H3. The topological polar surface area (TPSA) is 15.3 Å². The van der Waals surface area contributed by atoms with E-state index in [9.17, 15) is 0 Å². The molecule has 94 valence electrons. The number of nitrogens with zero attached hydrogens (tertiary/aromatic N) is 1. The number of piperidine rings is 1. The van der Waals surface area contributed by atoms with Crippen molar-refractivity contribution in [2.45, 2.75) is 43.9 Å². The quantitative estimate of drug-likeness (QED) is 0.817. The van der Waals surface area contributed by atoms with Crippen molar-refractivity contribution >= 4 is 11.8 Å². The Morgan fingerprint density at radius 2 is 2.00 bits per heavy atom. The molecular formula is C13H26N2S. The molecule has 2 unspecified atom stereocenters. The smallest absolute Gasteiger partial charge is 0.0184 e. The number of hydrogen-bond acceptors (Lipinski definition) is 3. The van der Waals surface area contributed by atoms with Crippen LogP contribution in [0.1, 0.15) is 32.6 Å². The Balaban J connectivity index is 1.66. The minimum absolute atomic E-state index is 0.776. The predicted octanol–water partition coefficient (Wildman–Crippen LogP) is 2.20. The molecule has 0 aromatic heterocycles. The van der Waals surface area contributed by atoms with Gasteiger partial charge < -0.3 is 10.2 Å². The van der Waals surface area contributed by atoms with Crippen LogP contribution in [0.25, 0.3) is 0 Å². The molecule has 0 aliphatic carbocycles. The van der Waals surface area contributed by atoms with Gasteiger partial charge in [0.2, 0.25) is 0 Å². The molecule has 0 spiro atoms. The van der Waals surface area contributed by atoms with Crippen LogP contribution >= 0.6 is 11.8 Å². The molecule has 2 aliphatic heterocycles. The lowest BCUT2D eigenvalue weighted by atomic mass is 9.96. The Labute approximate surface area is 105 Å². The van der Waals surface area contributed by atoms with E-state index in [-0.39, 0.29) is 0 Å². The molecule has 2 nitrogen and oxygen atoms in total. The van der Waals surface area contributed by atoms with Gasteiger partial charge in [-0.15, -0.1) is 0 Å². The fourth-order valence-corrected chi connectivity index (χ4v) is 3.95. The highest BCUT2D eigenvalue weighted by atomic mass is 32.2. The van der Waals surface area contributed by atoms with Gasteiger partial charge in [-0.05, 0) is 64.0 Å². The molecule has 0 amide bonds. The van der Waals surface area contributed by atoms with Crippen molar-refractivity contribution in [1.82, 2.24) is 10.2 Å². The molecule has 2 aliphatic rings. The molecule has 0 aromatic rings. The lowest BCUT2D eigenvalue weighted by Crippen LogP contribution is -2.43. The maximum Gasteiger partial charge on any atom is 0.0184 e. The minimum atomic E-state index is 0.776. The average molecular weight is 242 g/mol. The van der Waals surface area contributed by atoms with E-state index < -0.39 is 0 Å². The van der Waals surface area contributed by atoms with Gasteiger partial charge in [0.15, 0.2) is 0 Å². The summed E-state index contributed by atoms with van der Waals surface area (Å²) >= 11 is 2.14. The minimum Gasteiger partial charge on any atom is -0.313 e. The predicted molar refractivity (Wildman–Crippen MR) is 73.2 cm³/mol. The average Bonchev–Trinajstić information content (AvgIpc) is 2.30. The molecule has 2 saturated heterocycles. The zero-order chi connectivity index (χ0) is 11.4. The van der Waals surface area contributed by atoms with E-state index in [0.717, 1.165) is 17.2 Å².